The quantitative estimate of drug-likeness (QED) is 0.634. The molecule has 0 amide bonds. The van der Waals surface area contributed by atoms with Crippen molar-refractivity contribution < 1.29 is 23.6 Å². The van der Waals surface area contributed by atoms with Crippen molar-refractivity contribution in [3.05, 3.63) is 39.9 Å². The van der Waals surface area contributed by atoms with E-state index in [4.69, 9.17) is 0 Å². The second kappa shape index (κ2) is 5.44. The maximum atomic E-state index is 11.9. The van der Waals surface area contributed by atoms with Crippen LogP contribution in [0, 0.1) is 10.1 Å². The predicted molar refractivity (Wildman–Crippen MR) is 53.7 cm³/mol. The number of rotatable bonds is 5. The summed E-state index contributed by atoms with van der Waals surface area (Å²) in [5.41, 5.74) is 0.00531. The Morgan fingerprint density at radius 2 is 1.88 bits per heavy atom. The molecular weight excluding hydrogens is 236 g/mol. The number of carbonyl (C=O) groups is 1. The number of benzene rings is 1. The third-order valence-electron chi connectivity index (χ3n) is 2.13. The van der Waals surface area contributed by atoms with Crippen molar-refractivity contribution in [2.24, 2.45) is 0 Å². The van der Waals surface area contributed by atoms with Gasteiger partial charge in [0.15, 0.2) is 0 Å². The SMILES string of the molecule is O=C(CC(O)c1ccc([N+](=O)[O-])cc1)C(F)F. The molecule has 0 fully saturated rings. The highest BCUT2D eigenvalue weighted by Crippen LogP contribution is 2.21. The predicted octanol–water partition coefficient (Wildman–Crippen LogP) is 1.85. The van der Waals surface area contributed by atoms with Crippen molar-refractivity contribution in [2.45, 2.75) is 19.0 Å². The van der Waals surface area contributed by atoms with Gasteiger partial charge >= 0.3 is 0 Å². The van der Waals surface area contributed by atoms with Gasteiger partial charge in [-0.25, -0.2) is 8.78 Å². The molecule has 0 saturated carbocycles. The van der Waals surface area contributed by atoms with Crippen molar-refractivity contribution >= 4 is 11.5 Å². The molecule has 0 saturated heterocycles. The Bertz CT molecular complexity index is 419. The third kappa shape index (κ3) is 3.56. The highest BCUT2D eigenvalue weighted by Gasteiger charge is 2.20. The molecule has 0 aliphatic heterocycles. The summed E-state index contributed by atoms with van der Waals surface area (Å²) in [6, 6.07) is 4.71. The number of ketones is 1. The van der Waals surface area contributed by atoms with E-state index in [9.17, 15) is 28.8 Å². The van der Waals surface area contributed by atoms with E-state index < -0.39 is 29.7 Å². The summed E-state index contributed by atoms with van der Waals surface area (Å²) in [6.45, 7) is 0. The Morgan fingerprint density at radius 3 is 2.29 bits per heavy atom. The molecule has 0 radical (unpaired) electrons. The van der Waals surface area contributed by atoms with E-state index in [0.717, 1.165) is 12.1 Å². The first-order valence-corrected chi connectivity index (χ1v) is 4.65. The molecule has 92 valence electrons. The van der Waals surface area contributed by atoms with Gasteiger partial charge in [-0.3, -0.25) is 14.9 Å². The van der Waals surface area contributed by atoms with Crippen molar-refractivity contribution in [1.82, 2.24) is 0 Å². The number of halogens is 2. The summed E-state index contributed by atoms with van der Waals surface area (Å²) < 4.78 is 23.8. The number of alkyl halides is 2. The zero-order valence-corrected chi connectivity index (χ0v) is 8.55. The molecule has 5 nitrogen and oxygen atoms in total. The van der Waals surface area contributed by atoms with E-state index in [0.29, 0.717) is 0 Å². The van der Waals surface area contributed by atoms with Gasteiger partial charge in [0, 0.05) is 18.6 Å². The fourth-order valence-electron chi connectivity index (χ4n) is 1.22. The van der Waals surface area contributed by atoms with Gasteiger partial charge < -0.3 is 5.11 Å². The number of Topliss-reactive ketones (excluding diaryl/α,β-unsaturated/α-hetero) is 1. The van der Waals surface area contributed by atoms with Crippen LogP contribution < -0.4 is 0 Å². The van der Waals surface area contributed by atoms with E-state index in [1.54, 1.807) is 0 Å². The molecule has 1 atom stereocenters. The topological polar surface area (TPSA) is 80.4 Å². The number of non-ortho nitro benzene ring substituents is 1. The van der Waals surface area contributed by atoms with Crippen molar-refractivity contribution in [3.8, 4) is 0 Å². The highest BCUT2D eigenvalue weighted by atomic mass is 19.3. The second-order valence-corrected chi connectivity index (χ2v) is 3.34. The first kappa shape index (κ1) is 13.2. The lowest BCUT2D eigenvalue weighted by Gasteiger charge is -2.09. The molecule has 0 heterocycles. The standard InChI is InChI=1S/C10H9F2NO4/c11-10(12)9(15)5-8(14)6-1-3-7(4-2-6)13(16)17/h1-4,8,10,14H,5H2. The molecule has 17 heavy (non-hydrogen) atoms. The van der Waals surface area contributed by atoms with Crippen LogP contribution >= 0.6 is 0 Å². The summed E-state index contributed by atoms with van der Waals surface area (Å²) in [6.07, 6.45) is -5.21. The lowest BCUT2D eigenvalue weighted by Crippen LogP contribution is -2.14. The van der Waals surface area contributed by atoms with Crippen LogP contribution in [0.4, 0.5) is 14.5 Å². The monoisotopic (exact) mass is 245 g/mol. The minimum absolute atomic E-state index is 0.180. The van der Waals surface area contributed by atoms with Crippen LogP contribution in [-0.4, -0.2) is 22.2 Å². The molecule has 1 aromatic carbocycles. The maximum Gasteiger partial charge on any atom is 0.296 e. The largest absolute Gasteiger partial charge is 0.388 e. The fourth-order valence-corrected chi connectivity index (χ4v) is 1.22. The average Bonchev–Trinajstić information content (AvgIpc) is 2.28. The number of hydrogen-bond donors (Lipinski definition) is 1. The summed E-state index contributed by atoms with van der Waals surface area (Å²) >= 11 is 0. The van der Waals surface area contributed by atoms with Crippen LogP contribution in [0.3, 0.4) is 0 Å². The van der Waals surface area contributed by atoms with E-state index >= 15 is 0 Å². The Balaban J connectivity index is 2.73. The zero-order valence-electron chi connectivity index (χ0n) is 8.55. The Kier molecular flexibility index (Phi) is 4.22. The Morgan fingerprint density at radius 1 is 1.35 bits per heavy atom. The van der Waals surface area contributed by atoms with Crippen molar-refractivity contribution in [3.63, 3.8) is 0 Å². The number of aliphatic hydroxyl groups excluding tert-OH is 1. The smallest absolute Gasteiger partial charge is 0.296 e. The lowest BCUT2D eigenvalue weighted by atomic mass is 10.0. The van der Waals surface area contributed by atoms with Crippen LogP contribution in [0.1, 0.15) is 18.1 Å². The number of hydrogen-bond acceptors (Lipinski definition) is 4. The number of nitrogens with zero attached hydrogens (tertiary/aromatic N) is 1. The second-order valence-electron chi connectivity index (χ2n) is 3.34. The molecule has 0 spiro atoms. The molecule has 1 unspecified atom stereocenters. The summed E-state index contributed by atoms with van der Waals surface area (Å²) in [4.78, 5) is 20.4. The molecule has 1 N–H and O–H groups in total. The lowest BCUT2D eigenvalue weighted by molar-refractivity contribution is -0.384. The average molecular weight is 245 g/mol. The first-order valence-electron chi connectivity index (χ1n) is 4.65. The fraction of sp³-hybridized carbons (Fsp3) is 0.300. The minimum atomic E-state index is -3.12. The Hall–Kier alpha value is -1.89. The molecular formula is C10H9F2NO4. The van der Waals surface area contributed by atoms with Crippen molar-refractivity contribution in [1.29, 1.82) is 0 Å². The number of aliphatic hydroxyl groups is 1. The molecule has 0 aliphatic rings. The van der Waals surface area contributed by atoms with Gasteiger partial charge in [-0.1, -0.05) is 0 Å². The molecule has 0 bridgehead atoms. The van der Waals surface area contributed by atoms with Gasteiger partial charge in [-0.2, -0.15) is 0 Å². The van der Waals surface area contributed by atoms with Gasteiger partial charge in [-0.05, 0) is 17.7 Å². The first-order chi connectivity index (χ1) is 7.91. The highest BCUT2D eigenvalue weighted by molar-refractivity contribution is 5.82. The molecule has 7 heteroatoms. The van der Waals surface area contributed by atoms with E-state index in [2.05, 4.69) is 0 Å². The Labute approximate surface area is 94.8 Å². The van der Waals surface area contributed by atoms with E-state index in [1.165, 1.54) is 12.1 Å². The van der Waals surface area contributed by atoms with Gasteiger partial charge in [-0.15, -0.1) is 0 Å². The van der Waals surface area contributed by atoms with Crippen LogP contribution in [0.15, 0.2) is 24.3 Å². The number of nitro benzene ring substituents is 1. The maximum absolute atomic E-state index is 11.9. The number of nitro groups is 1. The van der Waals surface area contributed by atoms with E-state index in [1.807, 2.05) is 0 Å². The summed E-state index contributed by atoms with van der Waals surface area (Å²) in [7, 11) is 0. The normalized spacial score (nSPS) is 12.5. The molecule has 0 aliphatic carbocycles. The zero-order chi connectivity index (χ0) is 13.0. The molecule has 1 aromatic rings. The van der Waals surface area contributed by atoms with Crippen LogP contribution in [0.5, 0.6) is 0 Å². The van der Waals surface area contributed by atoms with Crippen LogP contribution in [-0.2, 0) is 4.79 Å². The molecule has 0 aromatic heterocycles. The van der Waals surface area contributed by atoms with Gasteiger partial charge in [0.2, 0.25) is 5.78 Å². The third-order valence-corrected chi connectivity index (χ3v) is 2.13. The summed E-state index contributed by atoms with van der Waals surface area (Å²) in [5.74, 6) is -1.36. The minimum Gasteiger partial charge on any atom is -0.388 e. The summed E-state index contributed by atoms with van der Waals surface area (Å²) in [5, 5.41) is 19.8. The van der Waals surface area contributed by atoms with Gasteiger partial charge in [0.1, 0.15) is 0 Å². The van der Waals surface area contributed by atoms with Crippen LogP contribution in [0.2, 0.25) is 0 Å². The van der Waals surface area contributed by atoms with E-state index in [-0.39, 0.29) is 11.3 Å². The van der Waals surface area contributed by atoms with Gasteiger partial charge in [0.05, 0.1) is 11.0 Å². The van der Waals surface area contributed by atoms with Gasteiger partial charge in [0.25, 0.3) is 12.1 Å². The van der Waals surface area contributed by atoms with Crippen molar-refractivity contribution in [2.75, 3.05) is 0 Å². The van der Waals surface area contributed by atoms with Crippen LogP contribution in [0.25, 0.3) is 0 Å². The molecule has 1 rings (SSSR count). The number of carbonyl (C=O) groups excluding carboxylic acids is 1.